The zero-order chi connectivity index (χ0) is 23.4. The number of rotatable bonds is 8. The van der Waals surface area contributed by atoms with Crippen LogP contribution in [0.4, 0.5) is 17.1 Å². The van der Waals surface area contributed by atoms with Crippen molar-refractivity contribution in [3.05, 3.63) is 88.6 Å². The van der Waals surface area contributed by atoms with Crippen LogP contribution in [0.3, 0.4) is 0 Å². The van der Waals surface area contributed by atoms with Crippen molar-refractivity contribution >= 4 is 38.0 Å². The van der Waals surface area contributed by atoms with Crippen molar-refractivity contribution < 1.29 is 23.2 Å². The average molecular weight is 465 g/mol. The van der Waals surface area contributed by atoms with Gasteiger partial charge in [0.15, 0.2) is 12.2 Å². The lowest BCUT2D eigenvalue weighted by Crippen LogP contribution is -2.63. The topological polar surface area (TPSA) is 139 Å². The molecule has 0 bridgehead atoms. The Labute approximate surface area is 189 Å². The molecule has 0 fully saturated rings. The minimum absolute atomic E-state index is 0.0202. The summed E-state index contributed by atoms with van der Waals surface area (Å²) in [6.45, 7) is 0.289. The van der Waals surface area contributed by atoms with Crippen LogP contribution in [0, 0.1) is 10.1 Å². The number of fused-ring (bicyclic) bond motifs is 1. The number of nitro groups is 1. The molecule has 0 saturated heterocycles. The van der Waals surface area contributed by atoms with Gasteiger partial charge in [-0.1, -0.05) is 36.4 Å². The number of benzene rings is 3. The standard InChI is InChI=1S/C22H18N5O5S/c1-32-21-9-5-4-8-19(21)26-33(30,31)22-12-16(27(28)29)10-11-20(22)25-24-14-15-13-23-18-7-3-2-6-17(15)18/h2-13,26H,14H2,1H3/q-1/p+1. The minimum Gasteiger partial charge on any atom is -0.663 e. The van der Waals surface area contributed by atoms with Gasteiger partial charge in [-0.05, 0) is 28.7 Å². The number of azo groups is 1. The minimum atomic E-state index is -4.23. The first kappa shape index (κ1) is 22.0. The van der Waals surface area contributed by atoms with Crippen molar-refractivity contribution in [1.29, 1.82) is 0 Å². The fraction of sp³-hybridized carbons (Fsp3) is 0.0909. The van der Waals surface area contributed by atoms with Crippen molar-refractivity contribution in [3.63, 3.8) is 0 Å². The number of hydrogen-bond acceptors (Lipinski definition) is 6. The summed E-state index contributed by atoms with van der Waals surface area (Å²) in [6, 6.07) is 17.5. The number of ether oxygens (including phenoxy) is 1. The zero-order valence-corrected chi connectivity index (χ0v) is 18.2. The van der Waals surface area contributed by atoms with Gasteiger partial charge in [0.25, 0.3) is 15.7 Å². The molecule has 2 N–H and O–H groups in total. The average Bonchev–Trinajstić information content (AvgIpc) is 3.22. The van der Waals surface area contributed by atoms with Gasteiger partial charge in [-0.25, -0.2) is 8.42 Å². The quantitative estimate of drug-likeness (QED) is 0.233. The largest absolute Gasteiger partial charge is 0.663 e. The Morgan fingerprint density at radius 3 is 2.67 bits per heavy atom. The van der Waals surface area contributed by atoms with Crippen LogP contribution in [-0.2, 0) is 16.6 Å². The van der Waals surface area contributed by atoms with E-state index in [2.05, 4.69) is 19.9 Å². The number of para-hydroxylation sites is 3. The van der Waals surface area contributed by atoms with Crippen molar-refractivity contribution in [1.82, 2.24) is 4.98 Å². The number of nitro benzene ring substituents is 1. The number of methoxy groups -OCH3 is 1. The first-order valence-electron chi connectivity index (χ1n) is 9.76. The predicted molar refractivity (Wildman–Crippen MR) is 121 cm³/mol. The molecule has 0 amide bonds. The van der Waals surface area contributed by atoms with Gasteiger partial charge < -0.3 is 9.72 Å². The molecule has 3 aromatic carbocycles. The van der Waals surface area contributed by atoms with E-state index in [1.807, 2.05) is 24.3 Å². The molecule has 0 aliphatic carbocycles. The molecule has 4 rings (SSSR count). The maximum absolute atomic E-state index is 13.1. The Balaban J connectivity index is 1.68. The number of sulfonamides is 1. The Morgan fingerprint density at radius 1 is 1.12 bits per heavy atom. The SMILES string of the molecule is COc1ccccc1NS(=O)(=O)c1cc([N+](=O)[O-])ccc1N=[NH+]Cc1c[n-]c2ccccc12. The van der Waals surface area contributed by atoms with Crippen molar-refractivity contribution in [2.24, 2.45) is 5.11 Å². The van der Waals surface area contributed by atoms with Gasteiger partial charge >= 0.3 is 0 Å². The maximum atomic E-state index is 13.1. The summed E-state index contributed by atoms with van der Waals surface area (Å²) in [7, 11) is -2.82. The second-order valence-corrected chi connectivity index (χ2v) is 8.61. The smallest absolute Gasteiger partial charge is 0.270 e. The summed E-state index contributed by atoms with van der Waals surface area (Å²) in [5.41, 5.74) is 1.56. The fourth-order valence-electron chi connectivity index (χ4n) is 3.28. The molecular formula is C22H19N5O5S. The van der Waals surface area contributed by atoms with Crippen LogP contribution in [0.1, 0.15) is 5.56 Å². The molecular weight excluding hydrogens is 446 g/mol. The molecule has 10 nitrogen and oxygen atoms in total. The van der Waals surface area contributed by atoms with Crippen LogP contribution in [0.5, 0.6) is 5.75 Å². The zero-order valence-electron chi connectivity index (χ0n) is 17.4. The van der Waals surface area contributed by atoms with Gasteiger partial charge in [0.05, 0.1) is 17.7 Å². The van der Waals surface area contributed by atoms with Crippen LogP contribution in [0.2, 0.25) is 0 Å². The van der Waals surface area contributed by atoms with Crippen molar-refractivity contribution in [3.8, 4) is 5.75 Å². The van der Waals surface area contributed by atoms with Gasteiger partial charge in [0.2, 0.25) is 0 Å². The van der Waals surface area contributed by atoms with Gasteiger partial charge in [0, 0.05) is 17.7 Å². The maximum Gasteiger partial charge on any atom is 0.270 e. The van der Waals surface area contributed by atoms with E-state index in [1.165, 1.54) is 25.3 Å². The van der Waals surface area contributed by atoms with E-state index in [1.54, 1.807) is 24.4 Å². The van der Waals surface area contributed by atoms with Gasteiger partial charge in [-0.2, -0.15) is 6.20 Å². The molecule has 1 heterocycles. The van der Waals surface area contributed by atoms with Gasteiger partial charge in [0.1, 0.15) is 10.6 Å². The van der Waals surface area contributed by atoms with E-state index in [0.717, 1.165) is 22.5 Å². The highest BCUT2D eigenvalue weighted by Gasteiger charge is 2.25. The molecule has 0 aliphatic heterocycles. The summed E-state index contributed by atoms with van der Waals surface area (Å²) in [5.74, 6) is 0.304. The molecule has 168 valence electrons. The summed E-state index contributed by atoms with van der Waals surface area (Å²) < 4.78 is 33.9. The molecule has 11 heteroatoms. The molecule has 0 unspecified atom stereocenters. The molecule has 0 saturated carbocycles. The Hall–Kier alpha value is -4.25. The molecule has 0 atom stereocenters. The predicted octanol–water partition coefficient (Wildman–Crippen LogP) is 2.88. The van der Waals surface area contributed by atoms with E-state index in [-0.39, 0.29) is 28.5 Å². The second-order valence-electron chi connectivity index (χ2n) is 6.96. The van der Waals surface area contributed by atoms with Crippen LogP contribution >= 0.6 is 0 Å². The van der Waals surface area contributed by atoms with E-state index >= 15 is 0 Å². The third-order valence-corrected chi connectivity index (χ3v) is 6.27. The summed E-state index contributed by atoms with van der Waals surface area (Å²) in [6.07, 6.45) is 1.71. The monoisotopic (exact) mass is 465 g/mol. The summed E-state index contributed by atoms with van der Waals surface area (Å²) in [5, 5.41) is 19.2. The highest BCUT2D eigenvalue weighted by molar-refractivity contribution is 7.92. The Kier molecular flexibility index (Phi) is 6.05. The lowest BCUT2D eigenvalue weighted by atomic mass is 10.2. The fourth-order valence-corrected chi connectivity index (χ4v) is 4.51. The normalized spacial score (nSPS) is 11.7. The van der Waals surface area contributed by atoms with Gasteiger partial charge in [-0.15, -0.1) is 10.6 Å². The second kappa shape index (κ2) is 9.09. The number of anilines is 1. The van der Waals surface area contributed by atoms with Crippen LogP contribution < -0.4 is 19.6 Å². The van der Waals surface area contributed by atoms with Crippen LogP contribution in [0.25, 0.3) is 10.9 Å². The van der Waals surface area contributed by atoms with Crippen LogP contribution in [-0.4, -0.2) is 20.5 Å². The first-order chi connectivity index (χ1) is 15.9. The number of non-ortho nitro benzene ring substituents is 1. The highest BCUT2D eigenvalue weighted by Crippen LogP contribution is 2.32. The van der Waals surface area contributed by atoms with Crippen molar-refractivity contribution in [2.75, 3.05) is 11.8 Å². The third-order valence-electron chi connectivity index (χ3n) is 4.87. The Morgan fingerprint density at radius 2 is 1.88 bits per heavy atom. The molecule has 1 aromatic heterocycles. The number of aromatic nitrogens is 1. The number of nitrogens with one attached hydrogen (secondary N) is 2. The highest BCUT2D eigenvalue weighted by atomic mass is 32.2. The number of nitrogens with zero attached hydrogens (tertiary/aromatic N) is 3. The van der Waals surface area contributed by atoms with E-state index < -0.39 is 14.9 Å². The van der Waals surface area contributed by atoms with E-state index in [4.69, 9.17) is 4.74 Å². The summed E-state index contributed by atoms with van der Waals surface area (Å²) in [4.78, 5) is 14.6. The lowest BCUT2D eigenvalue weighted by Gasteiger charge is -2.12. The molecule has 0 radical (unpaired) electrons. The molecule has 0 aliphatic rings. The third kappa shape index (κ3) is 4.67. The molecule has 0 spiro atoms. The summed E-state index contributed by atoms with van der Waals surface area (Å²) >= 11 is 0. The molecule has 4 aromatic rings. The number of hydrogen-bond donors (Lipinski definition) is 2. The lowest BCUT2D eigenvalue weighted by molar-refractivity contribution is -0.544. The van der Waals surface area contributed by atoms with E-state index in [9.17, 15) is 18.5 Å². The van der Waals surface area contributed by atoms with Crippen molar-refractivity contribution in [2.45, 2.75) is 11.4 Å². The van der Waals surface area contributed by atoms with Crippen LogP contribution in [0.15, 0.2) is 82.9 Å². The van der Waals surface area contributed by atoms with E-state index in [0.29, 0.717) is 5.75 Å². The molecule has 33 heavy (non-hydrogen) atoms. The van der Waals surface area contributed by atoms with Gasteiger partial charge in [-0.3, -0.25) is 14.8 Å². The Bertz CT molecular complexity index is 1460. The first-order valence-corrected chi connectivity index (χ1v) is 11.2.